The van der Waals surface area contributed by atoms with E-state index < -0.39 is 0 Å². The van der Waals surface area contributed by atoms with Crippen molar-refractivity contribution in [2.75, 3.05) is 44.2 Å². The largest absolute Gasteiger partial charge is 0.352 e. The average Bonchev–Trinajstić information content (AvgIpc) is 3.14. The van der Waals surface area contributed by atoms with E-state index in [1.807, 2.05) is 0 Å². The van der Waals surface area contributed by atoms with E-state index in [1.54, 1.807) is 39.0 Å². The molecule has 28 heavy (non-hydrogen) atoms. The molecule has 2 heterocycles. The molecule has 0 atom stereocenters. The van der Waals surface area contributed by atoms with Crippen LogP contribution in [0.5, 0.6) is 0 Å². The molecular weight excluding hydrogens is 360 g/mol. The van der Waals surface area contributed by atoms with Gasteiger partial charge in [0, 0.05) is 70.3 Å². The minimum atomic E-state index is -0.242. The third kappa shape index (κ3) is 4.68. The fraction of sp³-hybridized carbons (Fsp3) is 0.500. The molecule has 8 heteroatoms. The van der Waals surface area contributed by atoms with Gasteiger partial charge in [0.1, 0.15) is 0 Å². The second-order valence-corrected chi connectivity index (χ2v) is 7.09. The van der Waals surface area contributed by atoms with Gasteiger partial charge in [-0.05, 0) is 30.7 Å². The third-order valence-electron chi connectivity index (χ3n) is 5.22. The Morgan fingerprint density at radius 2 is 1.61 bits per heavy atom. The summed E-state index contributed by atoms with van der Waals surface area (Å²) >= 11 is 0. The minimum absolute atomic E-state index is 0.0219. The Morgan fingerprint density at radius 1 is 0.964 bits per heavy atom. The van der Waals surface area contributed by atoms with Crippen molar-refractivity contribution in [1.29, 1.82) is 0 Å². The molecule has 2 aliphatic rings. The Kier molecular flexibility index (Phi) is 6.28. The van der Waals surface area contributed by atoms with Crippen LogP contribution in [0.25, 0.3) is 0 Å². The van der Waals surface area contributed by atoms with Gasteiger partial charge in [-0.3, -0.25) is 19.2 Å². The van der Waals surface area contributed by atoms with Crippen molar-refractivity contribution in [3.63, 3.8) is 0 Å². The molecule has 0 bridgehead atoms. The lowest BCUT2D eigenvalue weighted by molar-refractivity contribution is -0.138. The van der Waals surface area contributed by atoms with E-state index in [4.69, 9.17) is 0 Å². The highest BCUT2D eigenvalue weighted by atomic mass is 16.2. The summed E-state index contributed by atoms with van der Waals surface area (Å²) in [6.07, 6.45) is 1.66. The molecule has 3 rings (SSSR count). The lowest BCUT2D eigenvalue weighted by atomic mass is 10.2. The lowest BCUT2D eigenvalue weighted by Gasteiger charge is -2.34. The summed E-state index contributed by atoms with van der Waals surface area (Å²) in [5, 5.41) is 2.76. The van der Waals surface area contributed by atoms with Gasteiger partial charge in [-0.15, -0.1) is 0 Å². The quantitative estimate of drug-likeness (QED) is 0.804. The summed E-state index contributed by atoms with van der Waals surface area (Å²) in [5.41, 5.74) is 1.30. The predicted molar refractivity (Wildman–Crippen MR) is 104 cm³/mol. The van der Waals surface area contributed by atoms with Crippen molar-refractivity contribution >= 4 is 29.3 Å². The van der Waals surface area contributed by atoms with Crippen molar-refractivity contribution in [3.05, 3.63) is 29.8 Å². The average molecular weight is 386 g/mol. The van der Waals surface area contributed by atoms with Crippen molar-refractivity contribution in [2.45, 2.75) is 26.2 Å². The maximum absolute atomic E-state index is 12.3. The number of anilines is 1. The van der Waals surface area contributed by atoms with Gasteiger partial charge in [0.2, 0.25) is 17.7 Å². The zero-order valence-electron chi connectivity index (χ0n) is 16.1. The van der Waals surface area contributed by atoms with Gasteiger partial charge in [0.25, 0.3) is 5.91 Å². The van der Waals surface area contributed by atoms with E-state index in [0.29, 0.717) is 44.7 Å². The number of benzene rings is 1. The topological polar surface area (TPSA) is 90.0 Å². The van der Waals surface area contributed by atoms with Crippen LogP contribution in [0.4, 0.5) is 5.69 Å². The summed E-state index contributed by atoms with van der Waals surface area (Å²) in [6, 6.07) is 6.94. The van der Waals surface area contributed by atoms with Gasteiger partial charge >= 0.3 is 0 Å². The summed E-state index contributed by atoms with van der Waals surface area (Å²) in [7, 11) is 0. The molecule has 0 saturated carbocycles. The second kappa shape index (κ2) is 8.86. The van der Waals surface area contributed by atoms with Crippen molar-refractivity contribution in [1.82, 2.24) is 15.1 Å². The van der Waals surface area contributed by atoms with Crippen molar-refractivity contribution in [3.8, 4) is 0 Å². The number of nitrogens with zero attached hydrogens (tertiary/aromatic N) is 3. The molecule has 0 radical (unpaired) electrons. The van der Waals surface area contributed by atoms with Crippen molar-refractivity contribution < 1.29 is 19.2 Å². The smallest absolute Gasteiger partial charge is 0.251 e. The van der Waals surface area contributed by atoms with E-state index in [9.17, 15) is 19.2 Å². The van der Waals surface area contributed by atoms with E-state index in [1.165, 1.54) is 6.92 Å². The number of rotatable bonds is 5. The fourth-order valence-corrected chi connectivity index (χ4v) is 3.53. The summed E-state index contributed by atoms with van der Waals surface area (Å²) in [6.45, 7) is 4.68. The molecule has 8 nitrogen and oxygen atoms in total. The number of carbonyl (C=O) groups is 4. The molecule has 0 aromatic heterocycles. The summed E-state index contributed by atoms with van der Waals surface area (Å²) in [4.78, 5) is 52.8. The molecule has 1 aromatic rings. The Balaban J connectivity index is 1.42. The molecular formula is C20H26N4O4. The van der Waals surface area contributed by atoms with Gasteiger partial charge in [-0.2, -0.15) is 0 Å². The van der Waals surface area contributed by atoms with Crippen LogP contribution in [0.3, 0.4) is 0 Å². The van der Waals surface area contributed by atoms with Gasteiger partial charge in [0.15, 0.2) is 0 Å². The number of piperazine rings is 1. The number of amides is 4. The standard InChI is InChI=1S/C20H26N4O4/c1-15(25)22-11-13-23(14-12-22)18(26)8-9-21-20(28)16-4-6-17(7-5-16)24-10-2-3-19(24)27/h4-7H,2-3,8-14H2,1H3,(H,21,28). The highest BCUT2D eigenvalue weighted by Gasteiger charge is 2.23. The first-order chi connectivity index (χ1) is 13.5. The van der Waals surface area contributed by atoms with Crippen LogP contribution < -0.4 is 10.2 Å². The first-order valence-corrected chi connectivity index (χ1v) is 9.67. The van der Waals surface area contributed by atoms with Crippen LogP contribution in [0.2, 0.25) is 0 Å². The molecule has 0 unspecified atom stereocenters. The zero-order chi connectivity index (χ0) is 20.1. The molecule has 0 spiro atoms. The Bertz CT molecular complexity index is 754. The van der Waals surface area contributed by atoms with Crippen LogP contribution in [0.15, 0.2) is 24.3 Å². The Labute approximate surface area is 164 Å². The first kappa shape index (κ1) is 19.9. The van der Waals surface area contributed by atoms with E-state index in [2.05, 4.69) is 5.32 Å². The monoisotopic (exact) mass is 386 g/mol. The Morgan fingerprint density at radius 3 is 2.18 bits per heavy atom. The van der Waals surface area contributed by atoms with Gasteiger partial charge in [-0.25, -0.2) is 0 Å². The van der Waals surface area contributed by atoms with Gasteiger partial charge in [0.05, 0.1) is 0 Å². The molecule has 2 fully saturated rings. The molecule has 1 aromatic carbocycles. The van der Waals surface area contributed by atoms with Crippen LogP contribution in [-0.4, -0.2) is 72.7 Å². The normalized spacial score (nSPS) is 17.0. The van der Waals surface area contributed by atoms with Gasteiger partial charge < -0.3 is 20.0 Å². The van der Waals surface area contributed by atoms with E-state index in [0.717, 1.165) is 12.1 Å². The van der Waals surface area contributed by atoms with Crippen LogP contribution in [0, 0.1) is 0 Å². The minimum Gasteiger partial charge on any atom is -0.352 e. The van der Waals surface area contributed by atoms with E-state index in [-0.39, 0.29) is 36.6 Å². The molecule has 0 aliphatic carbocycles. The van der Waals surface area contributed by atoms with Crippen LogP contribution in [-0.2, 0) is 14.4 Å². The van der Waals surface area contributed by atoms with Crippen LogP contribution in [0.1, 0.15) is 36.5 Å². The maximum atomic E-state index is 12.3. The SMILES string of the molecule is CC(=O)N1CCN(C(=O)CCNC(=O)c2ccc(N3CCCC3=O)cc2)CC1. The fourth-order valence-electron chi connectivity index (χ4n) is 3.53. The molecule has 1 N–H and O–H groups in total. The molecule has 2 saturated heterocycles. The molecule has 2 aliphatic heterocycles. The highest BCUT2D eigenvalue weighted by molar-refractivity contribution is 5.97. The number of carbonyl (C=O) groups excluding carboxylic acids is 4. The molecule has 4 amide bonds. The van der Waals surface area contributed by atoms with Crippen molar-refractivity contribution in [2.24, 2.45) is 0 Å². The second-order valence-electron chi connectivity index (χ2n) is 7.09. The zero-order valence-corrected chi connectivity index (χ0v) is 16.1. The van der Waals surface area contributed by atoms with Gasteiger partial charge in [-0.1, -0.05) is 0 Å². The van der Waals surface area contributed by atoms with Crippen LogP contribution >= 0.6 is 0 Å². The predicted octanol–water partition coefficient (Wildman–Crippen LogP) is 0.624. The first-order valence-electron chi connectivity index (χ1n) is 9.67. The summed E-state index contributed by atoms with van der Waals surface area (Å²) in [5.74, 6) is -0.126. The maximum Gasteiger partial charge on any atom is 0.251 e. The Hall–Kier alpha value is -2.90. The number of nitrogens with one attached hydrogen (secondary N) is 1. The highest BCUT2D eigenvalue weighted by Crippen LogP contribution is 2.21. The van der Waals surface area contributed by atoms with E-state index >= 15 is 0 Å². The number of hydrogen-bond acceptors (Lipinski definition) is 4. The summed E-state index contributed by atoms with van der Waals surface area (Å²) < 4.78 is 0. The lowest BCUT2D eigenvalue weighted by Crippen LogP contribution is -2.50. The number of hydrogen-bond donors (Lipinski definition) is 1. The third-order valence-corrected chi connectivity index (χ3v) is 5.22. The molecule has 150 valence electrons.